The molecule has 0 aliphatic rings. The van der Waals surface area contributed by atoms with Crippen molar-refractivity contribution in [1.82, 2.24) is 9.88 Å². The molecule has 0 saturated carbocycles. The van der Waals surface area contributed by atoms with Crippen LogP contribution < -0.4 is 10.1 Å². The third kappa shape index (κ3) is 4.98. The minimum atomic E-state index is -0.451. The quantitative estimate of drug-likeness (QED) is 0.362. The minimum Gasteiger partial charge on any atom is -0.493 e. The summed E-state index contributed by atoms with van der Waals surface area (Å²) >= 11 is 1.38. The fraction of sp³-hybridized carbons (Fsp3) is 0.259. The molecule has 174 valence electrons. The SMILES string of the molecule is CCCOc1ccc(-c2ccc(C#N)s2)cc1C(=O)N[C@@H](CO)Cc1cn(C)c2ccccc12. The molecule has 7 heteroatoms. The molecule has 6 nitrogen and oxygen atoms in total. The van der Waals surface area contributed by atoms with E-state index in [0.717, 1.165) is 33.3 Å². The number of hydrogen-bond donors (Lipinski definition) is 2. The molecule has 0 saturated heterocycles. The summed E-state index contributed by atoms with van der Waals surface area (Å²) in [5.41, 5.74) is 3.43. The summed E-state index contributed by atoms with van der Waals surface area (Å²) in [6, 6.07) is 18.9. The molecule has 1 atom stereocenters. The van der Waals surface area contributed by atoms with E-state index in [1.54, 1.807) is 18.2 Å². The Hall–Kier alpha value is -3.60. The van der Waals surface area contributed by atoms with Crippen LogP contribution in [0.3, 0.4) is 0 Å². The zero-order valence-corrected chi connectivity index (χ0v) is 20.1. The number of aliphatic hydroxyl groups excluding tert-OH is 1. The summed E-state index contributed by atoms with van der Waals surface area (Å²) in [7, 11) is 1.99. The average molecular weight is 474 g/mol. The van der Waals surface area contributed by atoms with Gasteiger partial charge in [0.2, 0.25) is 0 Å². The molecule has 0 spiro atoms. The molecule has 2 N–H and O–H groups in total. The molecule has 34 heavy (non-hydrogen) atoms. The maximum Gasteiger partial charge on any atom is 0.255 e. The van der Waals surface area contributed by atoms with Crippen molar-refractivity contribution < 1.29 is 14.6 Å². The molecule has 2 aromatic carbocycles. The number of amides is 1. The van der Waals surface area contributed by atoms with Gasteiger partial charge in [0, 0.05) is 29.0 Å². The van der Waals surface area contributed by atoms with Gasteiger partial charge in [0.15, 0.2) is 0 Å². The number of benzene rings is 2. The number of nitrogens with zero attached hydrogens (tertiary/aromatic N) is 2. The van der Waals surface area contributed by atoms with E-state index in [2.05, 4.69) is 28.1 Å². The second-order valence-corrected chi connectivity index (χ2v) is 9.26. The summed E-state index contributed by atoms with van der Waals surface area (Å²) in [5, 5.41) is 23.3. The number of aromatic nitrogens is 1. The Bertz CT molecular complexity index is 1350. The number of thiophene rings is 1. The van der Waals surface area contributed by atoms with Gasteiger partial charge in [-0.25, -0.2) is 0 Å². The molecular weight excluding hydrogens is 446 g/mol. The number of aliphatic hydroxyl groups is 1. The average Bonchev–Trinajstić information content (AvgIpc) is 3.47. The molecule has 4 rings (SSSR count). The zero-order chi connectivity index (χ0) is 24.1. The van der Waals surface area contributed by atoms with E-state index in [1.165, 1.54) is 11.3 Å². The van der Waals surface area contributed by atoms with Crippen molar-refractivity contribution in [3.05, 3.63) is 76.8 Å². The lowest BCUT2D eigenvalue weighted by molar-refractivity contribution is 0.0912. The highest BCUT2D eigenvalue weighted by Crippen LogP contribution is 2.32. The number of hydrogen-bond acceptors (Lipinski definition) is 5. The van der Waals surface area contributed by atoms with E-state index >= 15 is 0 Å². The number of carbonyl (C=O) groups is 1. The van der Waals surface area contributed by atoms with Crippen LogP contribution in [0, 0.1) is 11.3 Å². The van der Waals surface area contributed by atoms with Gasteiger partial charge in [-0.1, -0.05) is 25.1 Å². The highest BCUT2D eigenvalue weighted by atomic mass is 32.1. The van der Waals surface area contributed by atoms with Crippen molar-refractivity contribution in [1.29, 1.82) is 5.26 Å². The predicted molar refractivity (Wildman–Crippen MR) is 135 cm³/mol. The van der Waals surface area contributed by atoms with Gasteiger partial charge in [0.1, 0.15) is 16.7 Å². The van der Waals surface area contributed by atoms with Gasteiger partial charge in [0.05, 0.1) is 24.8 Å². The fourth-order valence-electron chi connectivity index (χ4n) is 4.03. The molecule has 1 amide bonds. The van der Waals surface area contributed by atoms with Crippen LogP contribution in [0.25, 0.3) is 21.3 Å². The second-order valence-electron chi connectivity index (χ2n) is 8.17. The standard InChI is InChI=1S/C27H27N3O3S/c1-3-12-33-25-10-8-18(26-11-9-21(15-28)34-26)14-23(25)27(32)29-20(17-31)13-19-16-30(2)24-7-5-4-6-22(19)24/h4-11,14,16,20,31H,3,12-13,17H2,1-2H3,(H,29,32)/t20-/m1/s1. The third-order valence-electron chi connectivity index (χ3n) is 5.69. The Morgan fingerprint density at radius 1 is 1.24 bits per heavy atom. The van der Waals surface area contributed by atoms with Gasteiger partial charge in [-0.15, -0.1) is 11.3 Å². The van der Waals surface area contributed by atoms with Crippen molar-refractivity contribution in [2.45, 2.75) is 25.8 Å². The van der Waals surface area contributed by atoms with Gasteiger partial charge >= 0.3 is 0 Å². The highest BCUT2D eigenvalue weighted by molar-refractivity contribution is 7.16. The van der Waals surface area contributed by atoms with Crippen LogP contribution in [-0.4, -0.2) is 34.8 Å². The predicted octanol–water partition coefficient (Wildman–Crippen LogP) is 4.90. The third-order valence-corrected chi connectivity index (χ3v) is 6.73. The van der Waals surface area contributed by atoms with Crippen LogP contribution >= 0.6 is 11.3 Å². The Morgan fingerprint density at radius 3 is 2.79 bits per heavy atom. The maximum absolute atomic E-state index is 13.3. The maximum atomic E-state index is 13.3. The molecule has 0 radical (unpaired) electrons. The Morgan fingerprint density at radius 2 is 2.06 bits per heavy atom. The monoisotopic (exact) mass is 473 g/mol. The van der Waals surface area contributed by atoms with Crippen LogP contribution in [-0.2, 0) is 13.5 Å². The number of aryl methyl sites for hydroxylation is 1. The number of rotatable bonds is 9. The van der Waals surface area contributed by atoms with E-state index in [1.807, 2.05) is 44.4 Å². The van der Waals surface area contributed by atoms with Crippen LogP contribution in [0.4, 0.5) is 0 Å². The number of ether oxygens (including phenoxy) is 1. The van der Waals surface area contributed by atoms with Gasteiger partial charge in [-0.3, -0.25) is 4.79 Å². The smallest absolute Gasteiger partial charge is 0.255 e. The molecule has 0 aliphatic heterocycles. The minimum absolute atomic E-state index is 0.184. The first-order valence-electron chi connectivity index (χ1n) is 11.3. The largest absolute Gasteiger partial charge is 0.493 e. The first-order chi connectivity index (χ1) is 16.5. The molecule has 2 aromatic heterocycles. The van der Waals surface area contributed by atoms with Crippen LogP contribution in [0.1, 0.15) is 34.1 Å². The lowest BCUT2D eigenvalue weighted by atomic mass is 10.0. The van der Waals surface area contributed by atoms with Crippen molar-refractivity contribution in [2.24, 2.45) is 7.05 Å². The summed E-state index contributed by atoms with van der Waals surface area (Å²) < 4.78 is 7.90. The molecule has 4 aromatic rings. The first-order valence-corrected chi connectivity index (χ1v) is 12.1. The topological polar surface area (TPSA) is 87.3 Å². The normalized spacial score (nSPS) is 11.8. The summed E-state index contributed by atoms with van der Waals surface area (Å²) in [4.78, 5) is 14.9. The summed E-state index contributed by atoms with van der Waals surface area (Å²) in [6.45, 7) is 2.32. The van der Waals surface area contributed by atoms with Crippen LogP contribution in [0.2, 0.25) is 0 Å². The lowest BCUT2D eigenvalue weighted by Gasteiger charge is -2.18. The van der Waals surface area contributed by atoms with Crippen molar-refractivity contribution >= 4 is 28.1 Å². The molecule has 0 unspecified atom stereocenters. The number of para-hydroxylation sites is 1. The molecule has 2 heterocycles. The Labute approximate surface area is 203 Å². The number of carbonyl (C=O) groups excluding carboxylic acids is 1. The molecule has 0 aliphatic carbocycles. The van der Waals surface area contributed by atoms with Gasteiger partial charge in [-0.05, 0) is 60.4 Å². The van der Waals surface area contributed by atoms with Crippen molar-refractivity contribution in [2.75, 3.05) is 13.2 Å². The van der Waals surface area contributed by atoms with E-state index in [-0.39, 0.29) is 12.5 Å². The molecule has 0 fully saturated rings. The van der Waals surface area contributed by atoms with E-state index < -0.39 is 6.04 Å². The van der Waals surface area contributed by atoms with Gasteiger partial charge in [0.25, 0.3) is 5.91 Å². The number of nitrogens with one attached hydrogen (secondary N) is 1. The van der Waals surface area contributed by atoms with Gasteiger partial charge < -0.3 is 19.7 Å². The highest BCUT2D eigenvalue weighted by Gasteiger charge is 2.20. The Kier molecular flexibility index (Phi) is 7.31. The van der Waals surface area contributed by atoms with Gasteiger partial charge in [-0.2, -0.15) is 5.26 Å². The summed E-state index contributed by atoms with van der Waals surface area (Å²) in [5.74, 6) is 0.200. The van der Waals surface area contributed by atoms with E-state index in [9.17, 15) is 9.90 Å². The van der Waals surface area contributed by atoms with Crippen LogP contribution in [0.5, 0.6) is 5.75 Å². The molecular formula is C27H27N3O3S. The lowest BCUT2D eigenvalue weighted by Crippen LogP contribution is -2.39. The number of fused-ring (bicyclic) bond motifs is 1. The van der Waals surface area contributed by atoms with E-state index in [0.29, 0.717) is 29.2 Å². The first kappa shape index (κ1) is 23.6. The summed E-state index contributed by atoms with van der Waals surface area (Å²) in [6.07, 6.45) is 3.37. The van der Waals surface area contributed by atoms with Crippen LogP contribution in [0.15, 0.2) is 60.8 Å². The van der Waals surface area contributed by atoms with Crippen molar-refractivity contribution in [3.63, 3.8) is 0 Å². The Balaban J connectivity index is 1.60. The van der Waals surface area contributed by atoms with Crippen molar-refractivity contribution in [3.8, 4) is 22.3 Å². The molecule has 0 bridgehead atoms. The second kappa shape index (κ2) is 10.6. The fourth-order valence-corrected chi connectivity index (χ4v) is 4.83. The number of nitriles is 1. The van der Waals surface area contributed by atoms with E-state index in [4.69, 9.17) is 10.00 Å². The zero-order valence-electron chi connectivity index (χ0n) is 19.2.